The smallest absolute Gasteiger partial charge is 0.177 e. The van der Waals surface area contributed by atoms with Crippen LogP contribution in [0.1, 0.15) is 65.9 Å². The summed E-state index contributed by atoms with van der Waals surface area (Å²) in [5.74, 6) is 1.13. The molecule has 1 saturated carbocycles. The molecule has 1 aliphatic heterocycles. The summed E-state index contributed by atoms with van der Waals surface area (Å²) in [6.45, 7) is 11.8. The summed E-state index contributed by atoms with van der Waals surface area (Å²) in [5.41, 5.74) is 1.16. The minimum absolute atomic E-state index is 0.0636. The number of benzene rings is 1. The second-order valence-corrected chi connectivity index (χ2v) is 11.4. The Kier molecular flexibility index (Phi) is 5.61. The Bertz CT molecular complexity index is 579. The van der Waals surface area contributed by atoms with Crippen LogP contribution in [-0.4, -0.2) is 22.0 Å². The Morgan fingerprint density at radius 3 is 2.60 bits per heavy atom. The van der Waals surface area contributed by atoms with E-state index in [1.165, 1.54) is 18.4 Å². The van der Waals surface area contributed by atoms with E-state index in [0.29, 0.717) is 18.4 Å². The molecule has 5 atom stereocenters. The van der Waals surface area contributed by atoms with E-state index in [1.54, 1.807) is 0 Å². The van der Waals surface area contributed by atoms with Gasteiger partial charge in [0.05, 0.1) is 12.1 Å². The molecule has 1 aromatic rings. The highest BCUT2D eigenvalue weighted by molar-refractivity contribution is 7.62. The molecule has 25 heavy (non-hydrogen) atoms. The van der Waals surface area contributed by atoms with Crippen molar-refractivity contribution in [2.24, 2.45) is 11.8 Å². The van der Waals surface area contributed by atoms with Gasteiger partial charge in [-0.1, -0.05) is 50.6 Å². The zero-order valence-corrected chi connectivity index (χ0v) is 17.3. The Balaban J connectivity index is 1.98. The predicted octanol–water partition coefficient (Wildman–Crippen LogP) is 5.02. The number of nitrogens with zero attached hydrogens (tertiary/aromatic N) is 1. The van der Waals surface area contributed by atoms with Crippen LogP contribution < -0.4 is 4.89 Å². The third-order valence-corrected chi connectivity index (χ3v) is 9.95. The molecule has 0 bridgehead atoms. The number of hydrogen-bond acceptors (Lipinski definition) is 3. The minimum atomic E-state index is -2.88. The molecule has 1 aliphatic carbocycles. The molecule has 1 saturated heterocycles. The van der Waals surface area contributed by atoms with E-state index in [-0.39, 0.29) is 17.3 Å². The van der Waals surface area contributed by atoms with Crippen molar-refractivity contribution in [2.45, 2.75) is 84.1 Å². The van der Waals surface area contributed by atoms with Crippen molar-refractivity contribution in [2.75, 3.05) is 0 Å². The van der Waals surface area contributed by atoms with Crippen LogP contribution in [0.2, 0.25) is 0 Å². The molecule has 0 spiro atoms. The molecule has 3 nitrogen and oxygen atoms in total. The van der Waals surface area contributed by atoms with E-state index in [2.05, 4.69) is 63.6 Å². The third kappa shape index (κ3) is 3.54. The lowest BCUT2D eigenvalue weighted by Gasteiger charge is -2.59. The van der Waals surface area contributed by atoms with E-state index in [1.807, 2.05) is 6.07 Å². The first-order chi connectivity index (χ1) is 11.8. The quantitative estimate of drug-likeness (QED) is 0.704. The zero-order valence-electron chi connectivity index (χ0n) is 16.4. The Hall–Kier alpha value is -0.470. The Morgan fingerprint density at radius 1 is 1.28 bits per heavy atom. The summed E-state index contributed by atoms with van der Waals surface area (Å²) in [6, 6.07) is 10.4. The monoisotopic (exact) mass is 363 g/mol. The largest absolute Gasteiger partial charge is 0.641 e. The first-order valence-corrected chi connectivity index (χ1v) is 11.5. The van der Waals surface area contributed by atoms with Gasteiger partial charge in [0, 0.05) is 5.92 Å². The normalized spacial score (nSPS) is 36.6. The summed E-state index contributed by atoms with van der Waals surface area (Å²) in [6.07, 6.45) is 4.50. The highest BCUT2D eigenvalue weighted by atomic mass is 31.2. The predicted molar refractivity (Wildman–Crippen MR) is 104 cm³/mol. The van der Waals surface area contributed by atoms with Crippen LogP contribution in [0.15, 0.2) is 30.3 Å². The van der Waals surface area contributed by atoms with E-state index >= 15 is 0 Å². The molecule has 1 aromatic carbocycles. The van der Waals surface area contributed by atoms with Gasteiger partial charge in [-0.05, 0) is 51.5 Å². The van der Waals surface area contributed by atoms with Gasteiger partial charge in [0.25, 0.3) is 0 Å². The van der Waals surface area contributed by atoms with Gasteiger partial charge >= 0.3 is 0 Å². The fourth-order valence-corrected chi connectivity index (χ4v) is 7.79. The van der Waals surface area contributed by atoms with Gasteiger partial charge in [0.2, 0.25) is 0 Å². The van der Waals surface area contributed by atoms with E-state index in [4.69, 9.17) is 4.52 Å². The molecule has 140 valence electrons. The number of rotatable bonds is 4. The summed E-state index contributed by atoms with van der Waals surface area (Å²) >= 11 is 0. The van der Waals surface area contributed by atoms with Gasteiger partial charge in [-0.2, -0.15) is 0 Å². The number of fused-ring (bicyclic) bond motifs is 1. The molecule has 1 unspecified atom stereocenters. The van der Waals surface area contributed by atoms with Gasteiger partial charge in [0.15, 0.2) is 7.87 Å². The second kappa shape index (κ2) is 7.27. The molecule has 4 heteroatoms. The maximum Gasteiger partial charge on any atom is 0.177 e. The van der Waals surface area contributed by atoms with Crippen molar-refractivity contribution in [3.63, 3.8) is 0 Å². The molecule has 0 aromatic heterocycles. The Labute approximate surface area is 154 Å². The molecule has 0 N–H and O–H groups in total. The van der Waals surface area contributed by atoms with Crippen LogP contribution in [-0.2, 0) is 11.1 Å². The number of hydrogen-bond donors (Lipinski definition) is 0. The van der Waals surface area contributed by atoms with Crippen molar-refractivity contribution in [3.8, 4) is 0 Å². The maximum atomic E-state index is 14.2. The van der Waals surface area contributed by atoms with Crippen LogP contribution in [0, 0.1) is 11.8 Å². The fourth-order valence-electron chi connectivity index (χ4n) is 4.69. The summed E-state index contributed by atoms with van der Waals surface area (Å²) in [4.78, 5) is 14.2. The third-order valence-electron chi connectivity index (χ3n) is 6.57. The van der Waals surface area contributed by atoms with Crippen molar-refractivity contribution >= 4 is 7.87 Å². The zero-order chi connectivity index (χ0) is 18.2. The summed E-state index contributed by atoms with van der Waals surface area (Å²) < 4.78 is 8.74. The second-order valence-electron chi connectivity index (χ2n) is 8.69. The van der Waals surface area contributed by atoms with E-state index in [9.17, 15) is 4.89 Å². The highest BCUT2D eigenvalue weighted by Gasteiger charge is 2.60. The van der Waals surface area contributed by atoms with Crippen molar-refractivity contribution in [1.29, 1.82) is 0 Å². The van der Waals surface area contributed by atoms with Gasteiger partial charge in [-0.3, -0.25) is 0 Å². The lowest BCUT2D eigenvalue weighted by Crippen LogP contribution is -2.62. The highest BCUT2D eigenvalue weighted by Crippen LogP contribution is 2.70. The van der Waals surface area contributed by atoms with Crippen molar-refractivity contribution < 1.29 is 9.42 Å². The molecular weight excluding hydrogens is 329 g/mol. The van der Waals surface area contributed by atoms with Crippen LogP contribution in [0.5, 0.6) is 0 Å². The average molecular weight is 363 g/mol. The van der Waals surface area contributed by atoms with Crippen LogP contribution >= 0.6 is 7.87 Å². The molecule has 0 radical (unpaired) electrons. The standard InChI is InChI=1S/C21H34NO2P/c1-6-17(3)25(23)22(15-18-10-8-7-9-11-18)21(4,5)19-13-12-16(2)14-20(19)24-25/h7-11,16-17,19-20H,6,12-15H2,1-5H3/t16-,17-,19-,20-,25?/m1/s1. The van der Waals surface area contributed by atoms with Gasteiger partial charge < -0.3 is 4.89 Å². The van der Waals surface area contributed by atoms with Gasteiger partial charge in [-0.25, -0.2) is 4.52 Å². The van der Waals surface area contributed by atoms with Crippen LogP contribution in [0.25, 0.3) is 0 Å². The summed E-state index contributed by atoms with van der Waals surface area (Å²) in [7, 11) is -2.88. The molecule has 2 aliphatic rings. The van der Waals surface area contributed by atoms with E-state index in [0.717, 1.165) is 12.8 Å². The van der Waals surface area contributed by atoms with E-state index < -0.39 is 7.87 Å². The Morgan fingerprint density at radius 2 is 1.96 bits per heavy atom. The average Bonchev–Trinajstić information content (AvgIpc) is 2.58. The lowest BCUT2D eigenvalue weighted by atomic mass is 9.71. The summed E-state index contributed by atoms with van der Waals surface area (Å²) in [5, 5.41) is 0. The molecular formula is C21H34NO2P. The first-order valence-electron chi connectivity index (χ1n) is 9.89. The molecule has 0 amide bonds. The van der Waals surface area contributed by atoms with Crippen LogP contribution in [0.4, 0.5) is 0 Å². The topological polar surface area (TPSA) is 35.5 Å². The first kappa shape index (κ1) is 19.3. The SMILES string of the molecule is CC[C@@H](C)[P+]1([O-])O[C@@H]2C[C@H](C)CC[C@H]2C(C)(C)N1Cc1ccccc1. The molecule has 3 rings (SSSR count). The van der Waals surface area contributed by atoms with Gasteiger partial charge in [0.1, 0.15) is 11.8 Å². The van der Waals surface area contributed by atoms with Crippen LogP contribution in [0.3, 0.4) is 0 Å². The molecule has 2 fully saturated rings. The van der Waals surface area contributed by atoms with Crippen molar-refractivity contribution in [3.05, 3.63) is 35.9 Å². The maximum absolute atomic E-state index is 14.2. The molecule has 1 heterocycles. The fraction of sp³-hybridized carbons (Fsp3) is 0.714. The van der Waals surface area contributed by atoms with Gasteiger partial charge in [-0.15, -0.1) is 4.67 Å². The minimum Gasteiger partial charge on any atom is -0.641 e. The lowest BCUT2D eigenvalue weighted by molar-refractivity contribution is -0.239. The van der Waals surface area contributed by atoms with Crippen molar-refractivity contribution in [1.82, 2.24) is 4.67 Å².